The summed E-state index contributed by atoms with van der Waals surface area (Å²) in [5.74, 6) is 0.650. The number of anilines is 1. The van der Waals surface area contributed by atoms with E-state index in [2.05, 4.69) is 19.8 Å². The molecule has 0 amide bonds. The van der Waals surface area contributed by atoms with E-state index < -0.39 is 0 Å². The Morgan fingerprint density at radius 2 is 2.19 bits per heavy atom. The third-order valence-electron chi connectivity index (χ3n) is 4.52. The molecule has 3 rings (SSSR count). The van der Waals surface area contributed by atoms with Gasteiger partial charge in [0.15, 0.2) is 11.1 Å². The van der Waals surface area contributed by atoms with Crippen molar-refractivity contribution in [2.45, 2.75) is 24.9 Å². The van der Waals surface area contributed by atoms with Crippen molar-refractivity contribution in [1.29, 1.82) is 0 Å². The lowest BCUT2D eigenvalue weighted by atomic mass is 9.80. The van der Waals surface area contributed by atoms with E-state index in [0.717, 1.165) is 44.2 Å². The SMILES string of the molecule is COC1(CN=C(N)N2CCN(c3nccs3)CC2)CCC1. The lowest BCUT2D eigenvalue weighted by Gasteiger charge is -2.40. The second-order valence-electron chi connectivity index (χ2n) is 5.70. The highest BCUT2D eigenvalue weighted by molar-refractivity contribution is 7.13. The maximum atomic E-state index is 6.14. The van der Waals surface area contributed by atoms with Gasteiger partial charge in [-0.2, -0.15) is 0 Å². The van der Waals surface area contributed by atoms with Gasteiger partial charge in [-0.3, -0.25) is 4.99 Å². The van der Waals surface area contributed by atoms with Gasteiger partial charge in [-0.15, -0.1) is 11.3 Å². The Morgan fingerprint density at radius 3 is 2.71 bits per heavy atom. The largest absolute Gasteiger partial charge is 0.376 e. The Balaban J connectivity index is 1.51. The Morgan fingerprint density at radius 1 is 1.43 bits per heavy atom. The topological polar surface area (TPSA) is 67.0 Å². The average Bonchev–Trinajstić information content (AvgIpc) is 3.01. The summed E-state index contributed by atoms with van der Waals surface area (Å²) in [6, 6.07) is 0. The molecule has 0 spiro atoms. The molecule has 2 N–H and O–H groups in total. The van der Waals surface area contributed by atoms with E-state index in [4.69, 9.17) is 10.5 Å². The predicted molar refractivity (Wildman–Crippen MR) is 86.0 cm³/mol. The Kier molecular flexibility index (Phi) is 4.30. The van der Waals surface area contributed by atoms with Crippen molar-refractivity contribution < 1.29 is 4.74 Å². The highest BCUT2D eigenvalue weighted by atomic mass is 32.1. The zero-order valence-corrected chi connectivity index (χ0v) is 13.3. The number of hydrogen-bond donors (Lipinski definition) is 1. The maximum Gasteiger partial charge on any atom is 0.191 e. The van der Waals surface area contributed by atoms with E-state index in [1.165, 1.54) is 6.42 Å². The molecule has 21 heavy (non-hydrogen) atoms. The van der Waals surface area contributed by atoms with Gasteiger partial charge in [0, 0.05) is 44.9 Å². The summed E-state index contributed by atoms with van der Waals surface area (Å²) in [6.07, 6.45) is 5.27. The first-order chi connectivity index (χ1) is 10.2. The first kappa shape index (κ1) is 14.6. The second kappa shape index (κ2) is 6.19. The van der Waals surface area contributed by atoms with Crippen LogP contribution in [0.2, 0.25) is 0 Å². The number of piperazine rings is 1. The molecule has 0 atom stereocenters. The van der Waals surface area contributed by atoms with Gasteiger partial charge in [-0.05, 0) is 19.3 Å². The molecule has 6 nitrogen and oxygen atoms in total. The third-order valence-corrected chi connectivity index (χ3v) is 5.35. The number of guanidine groups is 1. The quantitative estimate of drug-likeness (QED) is 0.667. The van der Waals surface area contributed by atoms with Crippen LogP contribution in [0.25, 0.3) is 0 Å². The number of nitrogens with two attached hydrogens (primary N) is 1. The van der Waals surface area contributed by atoms with Gasteiger partial charge in [0.05, 0.1) is 12.1 Å². The van der Waals surface area contributed by atoms with Gasteiger partial charge in [0.2, 0.25) is 0 Å². The molecule has 0 bridgehead atoms. The van der Waals surface area contributed by atoms with Crippen molar-refractivity contribution in [3.63, 3.8) is 0 Å². The number of aromatic nitrogens is 1. The zero-order valence-electron chi connectivity index (χ0n) is 12.5. The summed E-state index contributed by atoms with van der Waals surface area (Å²) in [7, 11) is 1.78. The van der Waals surface area contributed by atoms with Crippen LogP contribution in [-0.4, -0.2) is 61.3 Å². The number of hydrogen-bond acceptors (Lipinski definition) is 5. The fraction of sp³-hybridized carbons (Fsp3) is 0.714. The molecule has 0 radical (unpaired) electrons. The fourth-order valence-electron chi connectivity index (χ4n) is 2.82. The van der Waals surface area contributed by atoms with E-state index >= 15 is 0 Å². The third kappa shape index (κ3) is 3.13. The molecule has 7 heteroatoms. The zero-order chi connectivity index (χ0) is 14.7. The van der Waals surface area contributed by atoms with Crippen LogP contribution < -0.4 is 10.6 Å². The predicted octanol–water partition coefficient (Wildman–Crippen LogP) is 1.15. The number of ether oxygens (including phenoxy) is 1. The Labute approximate surface area is 129 Å². The van der Waals surface area contributed by atoms with Gasteiger partial charge in [-0.25, -0.2) is 4.98 Å². The molecular weight excluding hydrogens is 286 g/mol. The van der Waals surface area contributed by atoms with Gasteiger partial charge >= 0.3 is 0 Å². The summed E-state index contributed by atoms with van der Waals surface area (Å²) in [6.45, 7) is 4.37. The Hall–Kier alpha value is -1.34. The van der Waals surface area contributed by atoms with Gasteiger partial charge in [-0.1, -0.05) is 0 Å². The van der Waals surface area contributed by atoms with Crippen LogP contribution in [0.4, 0.5) is 5.13 Å². The average molecular weight is 309 g/mol. The molecule has 1 aromatic heterocycles. The van der Waals surface area contributed by atoms with E-state index in [9.17, 15) is 0 Å². The van der Waals surface area contributed by atoms with Gasteiger partial charge < -0.3 is 20.3 Å². The second-order valence-corrected chi connectivity index (χ2v) is 6.58. The molecule has 1 aromatic rings. The highest BCUT2D eigenvalue weighted by Crippen LogP contribution is 2.35. The van der Waals surface area contributed by atoms with Gasteiger partial charge in [0.25, 0.3) is 0 Å². The summed E-state index contributed by atoms with van der Waals surface area (Å²) >= 11 is 1.68. The molecule has 0 unspecified atom stereocenters. The van der Waals surface area contributed by atoms with E-state index in [1.807, 2.05) is 11.6 Å². The maximum absolute atomic E-state index is 6.14. The number of nitrogens with zero attached hydrogens (tertiary/aromatic N) is 4. The number of rotatable bonds is 4. The molecule has 116 valence electrons. The lowest BCUT2D eigenvalue weighted by molar-refractivity contribution is -0.0631. The van der Waals surface area contributed by atoms with E-state index in [-0.39, 0.29) is 5.60 Å². The van der Waals surface area contributed by atoms with Crippen molar-refractivity contribution in [1.82, 2.24) is 9.88 Å². The molecule has 2 heterocycles. The van der Waals surface area contributed by atoms with Crippen LogP contribution in [-0.2, 0) is 4.74 Å². The minimum atomic E-state index is -0.0483. The van der Waals surface area contributed by atoms with Crippen molar-refractivity contribution >= 4 is 22.4 Å². The molecule has 2 fully saturated rings. The first-order valence-electron chi connectivity index (χ1n) is 7.47. The van der Waals surface area contributed by atoms with E-state index in [0.29, 0.717) is 12.5 Å². The monoisotopic (exact) mass is 309 g/mol. The molecule has 0 aromatic carbocycles. The minimum absolute atomic E-state index is 0.0483. The summed E-state index contributed by atoms with van der Waals surface area (Å²) in [5, 5.41) is 3.11. The van der Waals surface area contributed by atoms with Crippen LogP contribution in [0.1, 0.15) is 19.3 Å². The molecule has 2 aliphatic rings. The van der Waals surface area contributed by atoms with Crippen LogP contribution in [0.15, 0.2) is 16.6 Å². The number of methoxy groups -OCH3 is 1. The van der Waals surface area contributed by atoms with Crippen LogP contribution in [0.3, 0.4) is 0 Å². The standard InChI is InChI=1S/C14H23N5OS/c1-20-14(3-2-4-14)11-17-12(15)18-6-8-19(9-7-18)13-16-5-10-21-13/h5,10H,2-4,6-9,11H2,1H3,(H2,15,17). The van der Waals surface area contributed by atoms with Crippen molar-refractivity contribution in [2.75, 3.05) is 44.7 Å². The number of thiazole rings is 1. The summed E-state index contributed by atoms with van der Waals surface area (Å²) in [4.78, 5) is 13.4. The molecule has 1 aliphatic carbocycles. The Bertz CT molecular complexity index is 472. The molecule has 1 saturated carbocycles. The molecule has 1 aliphatic heterocycles. The van der Waals surface area contributed by atoms with Crippen molar-refractivity contribution in [2.24, 2.45) is 10.7 Å². The normalized spacial score (nSPS) is 22.2. The molecule has 1 saturated heterocycles. The van der Waals surface area contributed by atoms with Crippen LogP contribution >= 0.6 is 11.3 Å². The minimum Gasteiger partial charge on any atom is -0.376 e. The fourth-order valence-corrected chi connectivity index (χ4v) is 3.52. The van der Waals surface area contributed by atoms with Crippen molar-refractivity contribution in [3.05, 3.63) is 11.6 Å². The first-order valence-corrected chi connectivity index (χ1v) is 8.35. The highest BCUT2D eigenvalue weighted by Gasteiger charge is 2.37. The summed E-state index contributed by atoms with van der Waals surface area (Å²) < 4.78 is 5.58. The van der Waals surface area contributed by atoms with Crippen LogP contribution in [0.5, 0.6) is 0 Å². The summed E-state index contributed by atoms with van der Waals surface area (Å²) in [5.41, 5.74) is 6.09. The van der Waals surface area contributed by atoms with Gasteiger partial charge in [0.1, 0.15) is 0 Å². The van der Waals surface area contributed by atoms with Crippen molar-refractivity contribution in [3.8, 4) is 0 Å². The lowest BCUT2D eigenvalue weighted by Crippen LogP contribution is -2.52. The number of aliphatic imine (C=N–C) groups is 1. The van der Waals surface area contributed by atoms with Crippen LogP contribution in [0, 0.1) is 0 Å². The van der Waals surface area contributed by atoms with E-state index in [1.54, 1.807) is 18.4 Å². The molecular formula is C14H23N5OS. The smallest absolute Gasteiger partial charge is 0.191 e.